The Labute approximate surface area is 157 Å². The van der Waals surface area contributed by atoms with Crippen LogP contribution in [0.2, 0.25) is 0 Å². The van der Waals surface area contributed by atoms with Crippen LogP contribution in [0.15, 0.2) is 10.5 Å². The van der Waals surface area contributed by atoms with Gasteiger partial charge in [-0.05, 0) is 20.8 Å². The van der Waals surface area contributed by atoms with E-state index in [1.807, 2.05) is 26.2 Å². The molecule has 0 saturated heterocycles. The highest BCUT2D eigenvalue weighted by Gasteiger charge is 2.21. The first-order chi connectivity index (χ1) is 11.9. The van der Waals surface area contributed by atoms with Crippen molar-refractivity contribution >= 4 is 50.6 Å². The molecule has 0 spiro atoms. The second-order valence-corrected chi connectivity index (χ2v) is 8.97. The van der Waals surface area contributed by atoms with Gasteiger partial charge in [0.15, 0.2) is 16.6 Å². The Kier molecular flexibility index (Phi) is 5.42. The molecule has 0 atom stereocenters. The Morgan fingerprint density at radius 2 is 2.08 bits per heavy atom. The van der Waals surface area contributed by atoms with Crippen LogP contribution in [0.5, 0.6) is 5.19 Å². The summed E-state index contributed by atoms with van der Waals surface area (Å²) in [6.45, 7) is 5.78. The highest BCUT2D eigenvalue weighted by Crippen LogP contribution is 2.34. The van der Waals surface area contributed by atoms with E-state index in [4.69, 9.17) is 4.74 Å². The van der Waals surface area contributed by atoms with Crippen molar-refractivity contribution in [2.45, 2.75) is 37.2 Å². The van der Waals surface area contributed by atoms with E-state index >= 15 is 0 Å². The van der Waals surface area contributed by atoms with Crippen LogP contribution in [0.25, 0.3) is 10.3 Å². The molecule has 10 heteroatoms. The Morgan fingerprint density at radius 3 is 2.72 bits per heavy atom. The van der Waals surface area contributed by atoms with Gasteiger partial charge < -0.3 is 15.2 Å². The molecule has 0 aliphatic rings. The van der Waals surface area contributed by atoms with E-state index in [9.17, 15) is 5.11 Å². The SMILES string of the molecule is COc1nc2nc(SCc3csc(C)n3)nc(NC(C)(C)CO)c2s1. The van der Waals surface area contributed by atoms with Crippen LogP contribution in [0.4, 0.5) is 5.82 Å². The van der Waals surface area contributed by atoms with E-state index in [0.717, 1.165) is 15.4 Å². The van der Waals surface area contributed by atoms with E-state index in [1.165, 1.54) is 23.1 Å². The topological polar surface area (TPSA) is 93.1 Å². The molecule has 3 aromatic heterocycles. The van der Waals surface area contributed by atoms with Crippen LogP contribution in [0.1, 0.15) is 24.5 Å². The summed E-state index contributed by atoms with van der Waals surface area (Å²) in [5.41, 5.74) is 1.09. The molecule has 3 rings (SSSR count). The minimum Gasteiger partial charge on any atom is -0.473 e. The molecule has 3 heterocycles. The van der Waals surface area contributed by atoms with E-state index in [-0.39, 0.29) is 6.61 Å². The third-order valence-electron chi connectivity index (χ3n) is 3.26. The minimum absolute atomic E-state index is 0.0188. The lowest BCUT2D eigenvalue weighted by molar-refractivity contribution is 0.234. The number of hydrogen-bond acceptors (Lipinski definition) is 10. The van der Waals surface area contributed by atoms with Crippen LogP contribution < -0.4 is 10.1 Å². The molecule has 0 radical (unpaired) electrons. The summed E-state index contributed by atoms with van der Waals surface area (Å²) in [5.74, 6) is 1.35. The number of thioether (sulfide) groups is 1. The van der Waals surface area contributed by atoms with Crippen LogP contribution in [-0.2, 0) is 5.75 Å². The predicted molar refractivity (Wildman–Crippen MR) is 103 cm³/mol. The summed E-state index contributed by atoms with van der Waals surface area (Å²) in [4.78, 5) is 18.0. The Balaban J connectivity index is 1.92. The number of aromatic nitrogens is 4. The molecule has 0 aromatic carbocycles. The number of anilines is 1. The first-order valence-electron chi connectivity index (χ1n) is 7.55. The third kappa shape index (κ3) is 4.38. The number of ether oxygens (including phenoxy) is 1. The minimum atomic E-state index is -0.507. The van der Waals surface area contributed by atoms with Crippen molar-refractivity contribution in [2.24, 2.45) is 0 Å². The molecular formula is C15H19N5O2S3. The molecule has 2 N–H and O–H groups in total. The molecule has 0 amide bonds. The molecule has 0 unspecified atom stereocenters. The number of thiazole rings is 2. The van der Waals surface area contributed by atoms with Crippen molar-refractivity contribution < 1.29 is 9.84 Å². The van der Waals surface area contributed by atoms with Crippen molar-refractivity contribution in [1.82, 2.24) is 19.9 Å². The maximum atomic E-state index is 9.55. The molecule has 25 heavy (non-hydrogen) atoms. The molecule has 0 aliphatic heterocycles. The van der Waals surface area contributed by atoms with Gasteiger partial charge in [-0.1, -0.05) is 23.1 Å². The average Bonchev–Trinajstić information content (AvgIpc) is 3.18. The van der Waals surface area contributed by atoms with Crippen molar-refractivity contribution in [2.75, 3.05) is 19.0 Å². The summed E-state index contributed by atoms with van der Waals surface area (Å²) >= 11 is 4.52. The zero-order chi connectivity index (χ0) is 18.0. The molecule has 134 valence electrons. The summed E-state index contributed by atoms with van der Waals surface area (Å²) in [6.07, 6.45) is 0. The normalized spacial score (nSPS) is 11.9. The van der Waals surface area contributed by atoms with E-state index in [0.29, 0.717) is 27.6 Å². The summed E-state index contributed by atoms with van der Waals surface area (Å²) < 4.78 is 6.04. The Bertz CT molecular complexity index is 877. The molecule has 7 nitrogen and oxygen atoms in total. The number of aliphatic hydroxyl groups excluding tert-OH is 1. The van der Waals surface area contributed by atoms with Crippen molar-refractivity contribution in [3.63, 3.8) is 0 Å². The fourth-order valence-corrected chi connectivity index (χ4v) is 4.21. The van der Waals surface area contributed by atoms with Crippen molar-refractivity contribution in [3.8, 4) is 5.19 Å². The molecule has 0 fully saturated rings. The summed E-state index contributed by atoms with van der Waals surface area (Å²) in [5, 5.41) is 17.1. The second kappa shape index (κ2) is 7.40. The van der Waals surface area contributed by atoms with Gasteiger partial charge in [0.05, 0.1) is 30.0 Å². The number of aliphatic hydroxyl groups is 1. The van der Waals surface area contributed by atoms with Gasteiger partial charge in [-0.3, -0.25) is 0 Å². The standard InChI is InChI=1S/C15H19N5O2S3/c1-8-16-9(5-23-8)6-24-13-17-11-10(25-14(19-11)22-4)12(18-13)20-15(2,3)7-21/h5,21H,6-7H2,1-4H3,(H,17,18,20). The summed E-state index contributed by atoms with van der Waals surface area (Å²) in [6, 6.07) is 0. The van der Waals surface area contributed by atoms with E-state index in [1.54, 1.807) is 18.4 Å². The van der Waals surface area contributed by atoms with Gasteiger partial charge in [-0.2, -0.15) is 4.98 Å². The number of methoxy groups -OCH3 is 1. The van der Waals surface area contributed by atoms with Gasteiger partial charge >= 0.3 is 0 Å². The van der Waals surface area contributed by atoms with Crippen molar-refractivity contribution in [1.29, 1.82) is 0 Å². The fraction of sp³-hybridized carbons (Fsp3) is 0.467. The molecule has 0 aliphatic carbocycles. The number of fused-ring (bicyclic) bond motifs is 1. The van der Waals surface area contributed by atoms with E-state index < -0.39 is 5.54 Å². The van der Waals surface area contributed by atoms with Gasteiger partial charge in [0.2, 0.25) is 0 Å². The van der Waals surface area contributed by atoms with Gasteiger partial charge in [0.1, 0.15) is 4.70 Å². The molecule has 0 bridgehead atoms. The first-order valence-corrected chi connectivity index (χ1v) is 10.2. The molecule has 0 saturated carbocycles. The van der Waals surface area contributed by atoms with E-state index in [2.05, 4.69) is 25.3 Å². The largest absolute Gasteiger partial charge is 0.473 e. The van der Waals surface area contributed by atoms with Crippen LogP contribution >= 0.6 is 34.4 Å². The number of rotatable bonds is 7. The monoisotopic (exact) mass is 397 g/mol. The van der Waals surface area contributed by atoms with Gasteiger partial charge in [0, 0.05) is 11.1 Å². The number of nitrogens with one attached hydrogen (secondary N) is 1. The Hall–Kier alpha value is -1.49. The second-order valence-electron chi connectivity index (χ2n) is 6.00. The van der Waals surface area contributed by atoms with Crippen molar-refractivity contribution in [3.05, 3.63) is 16.1 Å². The maximum Gasteiger partial charge on any atom is 0.275 e. The lowest BCUT2D eigenvalue weighted by Crippen LogP contribution is -2.35. The zero-order valence-corrected chi connectivity index (χ0v) is 16.8. The Morgan fingerprint density at radius 1 is 1.28 bits per heavy atom. The smallest absolute Gasteiger partial charge is 0.275 e. The highest BCUT2D eigenvalue weighted by atomic mass is 32.2. The lowest BCUT2D eigenvalue weighted by Gasteiger charge is -2.24. The maximum absolute atomic E-state index is 9.55. The number of nitrogens with zero attached hydrogens (tertiary/aromatic N) is 4. The molecule has 3 aromatic rings. The fourth-order valence-electron chi connectivity index (χ4n) is 1.99. The van der Waals surface area contributed by atoms with Gasteiger partial charge in [0.25, 0.3) is 5.19 Å². The zero-order valence-electron chi connectivity index (χ0n) is 14.4. The third-order valence-corrected chi connectivity index (χ3v) is 5.97. The van der Waals surface area contributed by atoms with Crippen LogP contribution in [-0.4, -0.2) is 44.3 Å². The number of hydrogen-bond donors (Lipinski definition) is 2. The average molecular weight is 398 g/mol. The highest BCUT2D eigenvalue weighted by molar-refractivity contribution is 7.98. The summed E-state index contributed by atoms with van der Waals surface area (Å²) in [7, 11) is 1.58. The molecular weight excluding hydrogens is 378 g/mol. The first kappa shape index (κ1) is 18.3. The van der Waals surface area contributed by atoms with Gasteiger partial charge in [-0.25, -0.2) is 15.0 Å². The van der Waals surface area contributed by atoms with Gasteiger partial charge in [-0.15, -0.1) is 11.3 Å². The van der Waals surface area contributed by atoms with Crippen LogP contribution in [0.3, 0.4) is 0 Å². The quantitative estimate of drug-likeness (QED) is 0.463. The number of aryl methyl sites for hydroxylation is 1. The van der Waals surface area contributed by atoms with Crippen LogP contribution in [0, 0.1) is 6.92 Å². The predicted octanol–water partition coefficient (Wildman–Crippen LogP) is 3.33. The lowest BCUT2D eigenvalue weighted by atomic mass is 10.1.